The highest BCUT2D eigenvalue weighted by Gasteiger charge is 2.19. The van der Waals surface area contributed by atoms with Gasteiger partial charge >= 0.3 is 10.4 Å². The third-order valence-corrected chi connectivity index (χ3v) is 2.15. The van der Waals surface area contributed by atoms with Crippen LogP contribution >= 0.6 is 0 Å². The number of nitrogens with zero attached hydrogens (tertiary/aromatic N) is 2. The average Bonchev–Trinajstić information content (AvgIpc) is 2.06. The van der Waals surface area contributed by atoms with Crippen LogP contribution in [0.25, 0.3) is 0 Å². The zero-order valence-corrected chi connectivity index (χ0v) is 8.22. The van der Waals surface area contributed by atoms with Crippen molar-refractivity contribution in [1.29, 1.82) is 0 Å². The third-order valence-electron chi connectivity index (χ3n) is 1.75. The quantitative estimate of drug-likeness (QED) is 0.487. The molecule has 0 radical (unpaired) electrons. The molecule has 0 spiro atoms. The Bertz CT molecular complexity index is 293. The van der Waals surface area contributed by atoms with Crippen LogP contribution < -0.4 is 0 Å². The van der Waals surface area contributed by atoms with Crippen molar-refractivity contribution in [3.8, 4) is 0 Å². The molecule has 14 heavy (non-hydrogen) atoms. The van der Waals surface area contributed by atoms with Crippen LogP contribution in [0.4, 0.5) is 0 Å². The van der Waals surface area contributed by atoms with Gasteiger partial charge < -0.3 is 10.0 Å². The maximum Gasteiger partial charge on any atom is 0.413 e. The van der Waals surface area contributed by atoms with Crippen molar-refractivity contribution in [1.82, 2.24) is 9.96 Å². The largest absolute Gasteiger partial charge is 0.514 e. The number of piperazine rings is 1. The first-order valence-electron chi connectivity index (χ1n) is 3.98. The highest BCUT2D eigenvalue weighted by molar-refractivity contribution is 7.80. The van der Waals surface area contributed by atoms with Gasteiger partial charge in [-0.1, -0.05) is 0 Å². The Morgan fingerprint density at radius 1 is 1.21 bits per heavy atom. The monoisotopic (exact) mass is 224 g/mol. The van der Waals surface area contributed by atoms with E-state index >= 15 is 0 Å². The molecular weight excluding hydrogens is 212 g/mol. The zero-order chi connectivity index (χ0) is 10.6. The van der Waals surface area contributed by atoms with Crippen LogP contribution in [0.5, 0.6) is 0 Å². The van der Waals surface area contributed by atoms with Gasteiger partial charge in [0.05, 0.1) is 6.26 Å². The van der Waals surface area contributed by atoms with Gasteiger partial charge in [0.2, 0.25) is 0 Å². The molecule has 1 aliphatic heterocycles. The van der Waals surface area contributed by atoms with Crippen molar-refractivity contribution in [3.63, 3.8) is 0 Å². The third kappa shape index (κ3) is 3.92. The molecule has 0 aliphatic carbocycles. The molecule has 0 saturated carbocycles. The van der Waals surface area contributed by atoms with Gasteiger partial charge in [0, 0.05) is 32.4 Å². The molecule has 1 fully saturated rings. The van der Waals surface area contributed by atoms with Gasteiger partial charge in [-0.2, -0.15) is 17.8 Å². The second-order valence-electron chi connectivity index (χ2n) is 2.77. The van der Waals surface area contributed by atoms with Crippen LogP contribution in [0.2, 0.25) is 0 Å². The number of hydroxylamine groups is 2. The summed E-state index contributed by atoms with van der Waals surface area (Å²) < 4.78 is 33.3. The summed E-state index contributed by atoms with van der Waals surface area (Å²) in [5.41, 5.74) is 0. The molecule has 0 aromatic heterocycles. The lowest BCUT2D eigenvalue weighted by Crippen LogP contribution is -2.44. The van der Waals surface area contributed by atoms with E-state index in [0.717, 1.165) is 11.3 Å². The van der Waals surface area contributed by atoms with E-state index in [4.69, 9.17) is 9.66 Å². The van der Waals surface area contributed by atoms with Crippen LogP contribution in [0.15, 0.2) is 12.5 Å². The summed E-state index contributed by atoms with van der Waals surface area (Å²) in [6.07, 6.45) is 2.41. The molecule has 0 unspecified atom stereocenters. The van der Waals surface area contributed by atoms with Gasteiger partial charge in [0.25, 0.3) is 0 Å². The molecule has 82 valence electrons. The van der Waals surface area contributed by atoms with Gasteiger partial charge in [0.1, 0.15) is 0 Å². The fourth-order valence-electron chi connectivity index (χ4n) is 1.15. The predicted molar refractivity (Wildman–Crippen MR) is 47.5 cm³/mol. The highest BCUT2D eigenvalue weighted by atomic mass is 32.3. The lowest BCUT2D eigenvalue weighted by atomic mass is 10.4. The fraction of sp³-hybridized carbons (Fsp3) is 0.667. The first-order valence-corrected chi connectivity index (χ1v) is 5.34. The average molecular weight is 224 g/mol. The molecule has 0 aromatic carbocycles. The number of aliphatic hydroxyl groups excluding tert-OH is 1. The van der Waals surface area contributed by atoms with Crippen molar-refractivity contribution >= 4 is 10.4 Å². The minimum atomic E-state index is -4.41. The number of hydrogen-bond donors (Lipinski definition) is 2. The summed E-state index contributed by atoms with van der Waals surface area (Å²) in [5.74, 6) is 0. The van der Waals surface area contributed by atoms with Crippen LogP contribution in [0, 0.1) is 0 Å². The molecule has 0 aromatic rings. The molecule has 2 N–H and O–H groups in total. The summed E-state index contributed by atoms with van der Waals surface area (Å²) in [6, 6.07) is 0. The number of hydrogen-bond acceptors (Lipinski definition) is 6. The van der Waals surface area contributed by atoms with Crippen LogP contribution in [-0.2, 0) is 14.7 Å². The summed E-state index contributed by atoms with van der Waals surface area (Å²) in [5, 5.41) is 9.62. The van der Waals surface area contributed by atoms with E-state index in [0.29, 0.717) is 26.2 Å². The van der Waals surface area contributed by atoms with Gasteiger partial charge in [-0.15, -0.1) is 0 Å². The molecule has 8 heteroatoms. The minimum Gasteiger partial charge on any atom is -0.514 e. The SMILES string of the molecule is O=S(=O)(O)ON1CCN(C=CO)CC1. The zero-order valence-electron chi connectivity index (χ0n) is 7.40. The minimum absolute atomic E-state index is 0.337. The molecule has 1 rings (SSSR count). The molecule has 7 nitrogen and oxygen atoms in total. The maximum absolute atomic E-state index is 10.3. The Balaban J connectivity index is 2.36. The molecule has 1 saturated heterocycles. The van der Waals surface area contributed by atoms with E-state index < -0.39 is 10.4 Å². The molecule has 0 atom stereocenters. The van der Waals surface area contributed by atoms with E-state index in [9.17, 15) is 8.42 Å². The van der Waals surface area contributed by atoms with E-state index in [1.54, 1.807) is 4.90 Å². The Morgan fingerprint density at radius 2 is 1.79 bits per heavy atom. The van der Waals surface area contributed by atoms with Gasteiger partial charge in [-0.3, -0.25) is 4.55 Å². The summed E-state index contributed by atoms with van der Waals surface area (Å²) >= 11 is 0. The normalized spacial score (nSPS) is 20.5. The van der Waals surface area contributed by atoms with E-state index in [1.807, 2.05) is 0 Å². The molecule has 0 bridgehead atoms. The lowest BCUT2D eigenvalue weighted by molar-refractivity contribution is -0.0842. The Kier molecular flexibility index (Phi) is 3.69. The van der Waals surface area contributed by atoms with Crippen molar-refractivity contribution < 1.29 is 22.4 Å². The number of aliphatic hydroxyl groups is 1. The molecule has 0 amide bonds. The van der Waals surface area contributed by atoms with Crippen LogP contribution in [-0.4, -0.2) is 54.2 Å². The Labute approximate surface area is 82.1 Å². The van der Waals surface area contributed by atoms with E-state index in [-0.39, 0.29) is 0 Å². The van der Waals surface area contributed by atoms with Crippen molar-refractivity contribution in [2.24, 2.45) is 0 Å². The number of rotatable bonds is 3. The predicted octanol–water partition coefficient (Wildman–Crippen LogP) is -0.632. The first kappa shape index (κ1) is 11.2. The Hall–Kier alpha value is -0.830. The first-order chi connectivity index (χ1) is 6.51. The molecule has 1 heterocycles. The smallest absolute Gasteiger partial charge is 0.413 e. The fourth-order valence-corrected chi connectivity index (χ4v) is 1.57. The summed E-state index contributed by atoms with van der Waals surface area (Å²) in [7, 11) is -4.41. The highest BCUT2D eigenvalue weighted by Crippen LogP contribution is 2.04. The molecular formula is C6H12N2O5S. The van der Waals surface area contributed by atoms with E-state index in [1.165, 1.54) is 6.20 Å². The topological polar surface area (TPSA) is 90.3 Å². The van der Waals surface area contributed by atoms with Crippen LogP contribution in [0.1, 0.15) is 0 Å². The lowest BCUT2D eigenvalue weighted by Gasteiger charge is -2.31. The van der Waals surface area contributed by atoms with Crippen molar-refractivity contribution in [2.45, 2.75) is 0 Å². The van der Waals surface area contributed by atoms with Crippen LogP contribution in [0.3, 0.4) is 0 Å². The van der Waals surface area contributed by atoms with E-state index in [2.05, 4.69) is 4.28 Å². The maximum atomic E-state index is 10.3. The van der Waals surface area contributed by atoms with Gasteiger partial charge in [-0.05, 0) is 0 Å². The van der Waals surface area contributed by atoms with Gasteiger partial charge in [0.15, 0.2) is 0 Å². The second kappa shape index (κ2) is 4.60. The summed E-state index contributed by atoms with van der Waals surface area (Å²) in [6.45, 7) is 1.72. The van der Waals surface area contributed by atoms with Crippen molar-refractivity contribution in [3.05, 3.63) is 12.5 Å². The second-order valence-corrected chi connectivity index (χ2v) is 3.77. The standard InChI is InChI=1S/C6H12N2O5S/c9-6-5-7-1-3-8(4-2-7)13-14(10,11)12/h5-6,9H,1-4H2,(H,10,11,12). The molecule has 1 aliphatic rings. The van der Waals surface area contributed by atoms with Gasteiger partial charge in [-0.25, -0.2) is 0 Å². The Morgan fingerprint density at radius 3 is 2.21 bits per heavy atom. The van der Waals surface area contributed by atoms with Crippen molar-refractivity contribution in [2.75, 3.05) is 26.2 Å². The summed E-state index contributed by atoms with van der Waals surface area (Å²) in [4.78, 5) is 1.80.